The Bertz CT molecular complexity index is 909. The number of hydrogen-bond donors (Lipinski definition) is 1. The van der Waals surface area contributed by atoms with Crippen molar-refractivity contribution in [3.05, 3.63) is 53.8 Å². The highest BCUT2D eigenvalue weighted by molar-refractivity contribution is 7.87. The number of anilines is 1. The maximum Gasteiger partial charge on any atom is 0.339 e. The van der Waals surface area contributed by atoms with Crippen LogP contribution in [0.5, 0.6) is 5.75 Å². The Hall–Kier alpha value is -2.75. The van der Waals surface area contributed by atoms with Gasteiger partial charge in [-0.1, -0.05) is 0 Å². The van der Waals surface area contributed by atoms with Crippen molar-refractivity contribution in [2.24, 2.45) is 0 Å². The van der Waals surface area contributed by atoms with E-state index in [1.807, 2.05) is 0 Å². The summed E-state index contributed by atoms with van der Waals surface area (Å²) in [6.07, 6.45) is 0. The van der Waals surface area contributed by atoms with Gasteiger partial charge in [0.2, 0.25) is 0 Å². The normalized spacial score (nSPS) is 14.5. The van der Waals surface area contributed by atoms with Crippen LogP contribution in [0.25, 0.3) is 0 Å². The number of urea groups is 1. The minimum Gasteiger partial charge on any atom is -0.379 e. The van der Waals surface area contributed by atoms with E-state index in [0.29, 0.717) is 30.9 Å². The van der Waals surface area contributed by atoms with Gasteiger partial charge in [-0.15, -0.1) is 0 Å². The molecule has 2 amide bonds. The third-order valence-corrected chi connectivity index (χ3v) is 4.72. The lowest BCUT2D eigenvalue weighted by Gasteiger charge is -2.14. The SMILES string of the molecule is O=C1NCCN1c1ccc(S(=O)(=O)Oc2cc(F)c(F)c(F)c2)cc1. The number of carbonyl (C=O) groups excluding carboxylic acids is 1. The maximum absolute atomic E-state index is 13.1. The molecule has 2 aromatic carbocycles. The molecule has 1 heterocycles. The van der Waals surface area contributed by atoms with Crippen LogP contribution < -0.4 is 14.4 Å². The predicted octanol–water partition coefficient (Wildman–Crippen LogP) is 2.40. The number of carbonyl (C=O) groups is 1. The van der Waals surface area contributed by atoms with Gasteiger partial charge in [0.05, 0.1) is 0 Å². The number of hydrogen-bond acceptors (Lipinski definition) is 4. The quantitative estimate of drug-likeness (QED) is 0.661. The topological polar surface area (TPSA) is 75.7 Å². The van der Waals surface area contributed by atoms with E-state index < -0.39 is 33.3 Å². The first-order valence-electron chi connectivity index (χ1n) is 7.02. The van der Waals surface area contributed by atoms with Crippen LogP contribution in [0.1, 0.15) is 0 Å². The molecule has 0 aliphatic carbocycles. The number of amides is 2. The third kappa shape index (κ3) is 3.38. The van der Waals surface area contributed by atoms with Gasteiger partial charge in [-0.05, 0) is 24.3 Å². The highest BCUT2D eigenvalue weighted by atomic mass is 32.2. The summed E-state index contributed by atoms with van der Waals surface area (Å²) >= 11 is 0. The van der Waals surface area contributed by atoms with Crippen LogP contribution in [0.2, 0.25) is 0 Å². The van der Waals surface area contributed by atoms with Crippen LogP contribution in [0.4, 0.5) is 23.7 Å². The Kier molecular flexibility index (Phi) is 4.29. The van der Waals surface area contributed by atoms with Gasteiger partial charge in [-0.3, -0.25) is 4.90 Å². The summed E-state index contributed by atoms with van der Waals surface area (Å²) in [6, 6.07) is 5.72. The van der Waals surface area contributed by atoms with Crippen molar-refractivity contribution < 1.29 is 30.6 Å². The fraction of sp³-hybridized carbons (Fsp3) is 0.133. The Morgan fingerprint density at radius 2 is 1.64 bits per heavy atom. The number of nitrogens with zero attached hydrogens (tertiary/aromatic N) is 1. The molecular weight excluding hydrogens is 361 g/mol. The van der Waals surface area contributed by atoms with Crippen molar-refractivity contribution in [3.8, 4) is 5.75 Å². The van der Waals surface area contributed by atoms with E-state index in [2.05, 4.69) is 9.50 Å². The van der Waals surface area contributed by atoms with Gasteiger partial charge in [0.1, 0.15) is 10.6 Å². The summed E-state index contributed by atoms with van der Waals surface area (Å²) in [5.74, 6) is -5.56. The average Bonchev–Trinajstić information content (AvgIpc) is 2.98. The maximum atomic E-state index is 13.1. The summed E-state index contributed by atoms with van der Waals surface area (Å²) in [4.78, 5) is 12.7. The Labute approximate surface area is 140 Å². The van der Waals surface area contributed by atoms with Crippen molar-refractivity contribution >= 4 is 21.8 Å². The van der Waals surface area contributed by atoms with E-state index in [1.165, 1.54) is 29.2 Å². The van der Waals surface area contributed by atoms with Gasteiger partial charge < -0.3 is 9.50 Å². The summed E-state index contributed by atoms with van der Waals surface area (Å²) in [5.41, 5.74) is 0.479. The summed E-state index contributed by atoms with van der Waals surface area (Å²) < 4.78 is 68.1. The molecule has 0 spiro atoms. The third-order valence-electron chi connectivity index (χ3n) is 3.46. The van der Waals surface area contributed by atoms with Gasteiger partial charge in [-0.25, -0.2) is 18.0 Å². The van der Waals surface area contributed by atoms with Gasteiger partial charge in [0, 0.05) is 30.9 Å². The smallest absolute Gasteiger partial charge is 0.339 e. The number of halogens is 3. The Morgan fingerprint density at radius 1 is 1.04 bits per heavy atom. The zero-order chi connectivity index (χ0) is 18.2. The fourth-order valence-electron chi connectivity index (χ4n) is 2.27. The molecule has 6 nitrogen and oxygen atoms in total. The van der Waals surface area contributed by atoms with Crippen LogP contribution in [0, 0.1) is 17.5 Å². The second kappa shape index (κ2) is 6.28. The molecule has 0 saturated carbocycles. The first kappa shape index (κ1) is 17.1. The van der Waals surface area contributed by atoms with Crippen LogP contribution in [0.15, 0.2) is 41.3 Å². The second-order valence-corrected chi connectivity index (χ2v) is 6.66. The number of nitrogens with one attached hydrogen (secondary N) is 1. The largest absolute Gasteiger partial charge is 0.379 e. The second-order valence-electron chi connectivity index (χ2n) is 5.12. The summed E-state index contributed by atoms with van der Waals surface area (Å²) in [5, 5.41) is 2.60. The minimum absolute atomic E-state index is 0.291. The van der Waals surface area contributed by atoms with Gasteiger partial charge >= 0.3 is 16.1 Å². The molecule has 25 heavy (non-hydrogen) atoms. The number of benzene rings is 2. The number of rotatable bonds is 4. The molecule has 10 heteroatoms. The molecule has 132 valence electrons. The van der Waals surface area contributed by atoms with E-state index >= 15 is 0 Å². The molecule has 1 aliphatic rings. The summed E-state index contributed by atoms with van der Waals surface area (Å²) in [7, 11) is -4.39. The van der Waals surface area contributed by atoms with Crippen LogP contribution in [-0.4, -0.2) is 27.5 Å². The Balaban J connectivity index is 1.84. The van der Waals surface area contributed by atoms with E-state index in [4.69, 9.17) is 0 Å². The molecule has 2 aromatic rings. The fourth-order valence-corrected chi connectivity index (χ4v) is 3.18. The highest BCUT2D eigenvalue weighted by Gasteiger charge is 2.23. The van der Waals surface area contributed by atoms with E-state index in [-0.39, 0.29) is 10.9 Å². The van der Waals surface area contributed by atoms with Crippen LogP contribution in [-0.2, 0) is 10.1 Å². The minimum atomic E-state index is -4.39. The van der Waals surface area contributed by atoms with E-state index in [1.54, 1.807) is 0 Å². The molecule has 1 N–H and O–H groups in total. The average molecular weight is 372 g/mol. The Morgan fingerprint density at radius 3 is 2.16 bits per heavy atom. The zero-order valence-corrected chi connectivity index (χ0v) is 13.3. The van der Waals surface area contributed by atoms with Crippen LogP contribution in [0.3, 0.4) is 0 Å². The van der Waals surface area contributed by atoms with Gasteiger partial charge in [0.25, 0.3) is 0 Å². The summed E-state index contributed by atoms with van der Waals surface area (Å²) in [6.45, 7) is 0.916. The van der Waals surface area contributed by atoms with E-state index in [9.17, 15) is 26.4 Å². The standard InChI is InChI=1S/C15H11F3N2O4S/c16-12-7-10(8-13(17)14(12)18)24-25(22,23)11-3-1-9(2-4-11)20-6-5-19-15(20)21/h1-4,7-8H,5-6H2,(H,19,21). The van der Waals surface area contributed by atoms with Crippen molar-refractivity contribution in [3.63, 3.8) is 0 Å². The zero-order valence-electron chi connectivity index (χ0n) is 12.5. The molecule has 0 unspecified atom stereocenters. The monoisotopic (exact) mass is 372 g/mol. The van der Waals surface area contributed by atoms with Crippen molar-refractivity contribution in [1.82, 2.24) is 5.32 Å². The lowest BCUT2D eigenvalue weighted by Crippen LogP contribution is -2.27. The lowest BCUT2D eigenvalue weighted by atomic mass is 10.3. The van der Waals surface area contributed by atoms with Crippen molar-refractivity contribution in [2.75, 3.05) is 18.0 Å². The molecule has 0 radical (unpaired) electrons. The molecule has 1 aliphatic heterocycles. The van der Waals surface area contributed by atoms with Crippen molar-refractivity contribution in [2.45, 2.75) is 4.90 Å². The molecule has 3 rings (SSSR count). The molecule has 0 atom stereocenters. The molecule has 0 bridgehead atoms. The molecule has 0 aromatic heterocycles. The molecule has 1 fully saturated rings. The van der Waals surface area contributed by atoms with Gasteiger partial charge in [0.15, 0.2) is 17.5 Å². The molecule has 1 saturated heterocycles. The van der Waals surface area contributed by atoms with Crippen LogP contribution >= 0.6 is 0 Å². The highest BCUT2D eigenvalue weighted by Crippen LogP contribution is 2.25. The first-order valence-corrected chi connectivity index (χ1v) is 8.43. The van der Waals surface area contributed by atoms with E-state index in [0.717, 1.165) is 0 Å². The molecular formula is C15H11F3N2O4S. The predicted molar refractivity (Wildman–Crippen MR) is 81.3 cm³/mol. The first-order chi connectivity index (χ1) is 11.8. The van der Waals surface area contributed by atoms with Gasteiger partial charge in [-0.2, -0.15) is 8.42 Å². The van der Waals surface area contributed by atoms with Crippen molar-refractivity contribution in [1.29, 1.82) is 0 Å². The lowest BCUT2D eigenvalue weighted by molar-refractivity contribution is 0.252.